The molecule has 2 nitrogen and oxygen atoms in total. The van der Waals surface area contributed by atoms with Gasteiger partial charge in [0.25, 0.3) is 0 Å². The second-order valence-corrected chi connectivity index (χ2v) is 13.6. The van der Waals surface area contributed by atoms with Gasteiger partial charge in [0, 0.05) is 44.3 Å². The van der Waals surface area contributed by atoms with Crippen LogP contribution in [0.15, 0.2) is 152 Å². The highest BCUT2D eigenvalue weighted by molar-refractivity contribution is 7.85. The first-order valence-electron chi connectivity index (χ1n) is 14.8. The number of fused-ring (bicyclic) bond motifs is 3. The van der Waals surface area contributed by atoms with Gasteiger partial charge >= 0.3 is 0 Å². The van der Waals surface area contributed by atoms with Crippen molar-refractivity contribution in [3.63, 3.8) is 0 Å². The Kier molecular flexibility index (Phi) is 7.15. The van der Waals surface area contributed by atoms with E-state index in [0.717, 1.165) is 39.1 Å². The van der Waals surface area contributed by atoms with E-state index < -0.39 is 7.14 Å². The van der Waals surface area contributed by atoms with Gasteiger partial charge in [0.15, 0.2) is 7.14 Å². The third-order valence-electron chi connectivity index (χ3n) is 8.30. The molecule has 1 heterocycles. The first kappa shape index (κ1) is 27.0. The maximum Gasteiger partial charge on any atom is 0.171 e. The molecule has 6 aromatic carbocycles. The van der Waals surface area contributed by atoms with Crippen LogP contribution in [0.3, 0.4) is 0 Å². The zero-order chi connectivity index (χ0) is 29.2. The summed E-state index contributed by atoms with van der Waals surface area (Å²) >= 11 is 0. The predicted octanol–water partition coefficient (Wildman–Crippen LogP) is 9.29. The number of nitrogens with zero attached hydrogens (tertiary/aromatic N) is 1. The van der Waals surface area contributed by atoms with Gasteiger partial charge in [0.1, 0.15) is 0 Å². The summed E-state index contributed by atoms with van der Waals surface area (Å²) in [6.07, 6.45) is 4.36. The van der Waals surface area contributed by atoms with Crippen LogP contribution in [0, 0.1) is 0 Å². The van der Waals surface area contributed by atoms with Gasteiger partial charge in [-0.2, -0.15) is 0 Å². The highest BCUT2D eigenvalue weighted by atomic mass is 31.2. The molecule has 0 N–H and O–H groups in total. The summed E-state index contributed by atoms with van der Waals surface area (Å²) in [6, 6.07) is 51.8. The SMILES string of the molecule is CCn1c2ccccc2c2cc(C=Cc3ccc(-c4ccc(P(=O)(c5ccccc5)c5ccccc5)cc4)cc3)ccc21. The zero-order valence-electron chi connectivity index (χ0n) is 24.1. The van der Waals surface area contributed by atoms with Crippen LogP contribution in [0.25, 0.3) is 45.1 Å². The molecule has 0 aliphatic carbocycles. The molecule has 1 aromatic heterocycles. The minimum Gasteiger partial charge on any atom is -0.341 e. The van der Waals surface area contributed by atoms with E-state index in [9.17, 15) is 4.57 Å². The van der Waals surface area contributed by atoms with Crippen LogP contribution in [0.5, 0.6) is 0 Å². The summed E-state index contributed by atoms with van der Waals surface area (Å²) < 4.78 is 17.0. The quantitative estimate of drug-likeness (QED) is 0.138. The zero-order valence-corrected chi connectivity index (χ0v) is 25.0. The molecular formula is C40H32NOP. The number of hydrogen-bond donors (Lipinski definition) is 0. The second-order valence-electron chi connectivity index (χ2n) is 10.8. The fraction of sp³-hybridized carbons (Fsp3) is 0.0500. The molecule has 0 saturated heterocycles. The van der Waals surface area contributed by atoms with Gasteiger partial charge in [-0.05, 0) is 47.4 Å². The van der Waals surface area contributed by atoms with Gasteiger partial charge in [0.2, 0.25) is 0 Å². The minimum absolute atomic E-state index is 0.840. The normalized spacial score (nSPS) is 11.9. The Bertz CT molecular complexity index is 2060. The van der Waals surface area contributed by atoms with E-state index >= 15 is 0 Å². The van der Waals surface area contributed by atoms with Crippen molar-refractivity contribution in [2.75, 3.05) is 0 Å². The lowest BCUT2D eigenvalue weighted by atomic mass is 10.0. The second kappa shape index (κ2) is 11.4. The molecule has 0 fully saturated rings. The smallest absolute Gasteiger partial charge is 0.171 e. The lowest BCUT2D eigenvalue weighted by molar-refractivity contribution is 0.592. The molecule has 0 atom stereocenters. The van der Waals surface area contributed by atoms with Crippen molar-refractivity contribution in [2.24, 2.45) is 0 Å². The molecule has 0 unspecified atom stereocenters. The Morgan fingerprint density at radius 3 is 1.63 bits per heavy atom. The fourth-order valence-electron chi connectivity index (χ4n) is 6.08. The van der Waals surface area contributed by atoms with Crippen LogP contribution in [-0.4, -0.2) is 4.57 Å². The van der Waals surface area contributed by atoms with E-state index in [0.29, 0.717) is 0 Å². The molecular weight excluding hydrogens is 541 g/mol. The predicted molar refractivity (Wildman–Crippen MR) is 185 cm³/mol. The molecule has 7 aromatic rings. The maximum atomic E-state index is 14.6. The highest BCUT2D eigenvalue weighted by Gasteiger charge is 2.29. The molecule has 43 heavy (non-hydrogen) atoms. The first-order valence-corrected chi connectivity index (χ1v) is 16.5. The summed E-state index contributed by atoms with van der Waals surface area (Å²) in [5, 5.41) is 5.13. The first-order chi connectivity index (χ1) is 21.1. The van der Waals surface area contributed by atoms with Crippen molar-refractivity contribution >= 4 is 57.0 Å². The van der Waals surface area contributed by atoms with Crippen molar-refractivity contribution in [3.8, 4) is 11.1 Å². The van der Waals surface area contributed by atoms with E-state index in [1.807, 2.05) is 72.8 Å². The van der Waals surface area contributed by atoms with Gasteiger partial charge in [-0.15, -0.1) is 0 Å². The van der Waals surface area contributed by atoms with E-state index in [-0.39, 0.29) is 0 Å². The van der Waals surface area contributed by atoms with Crippen LogP contribution in [0.4, 0.5) is 0 Å². The highest BCUT2D eigenvalue weighted by Crippen LogP contribution is 2.42. The summed E-state index contributed by atoms with van der Waals surface area (Å²) in [4.78, 5) is 0. The van der Waals surface area contributed by atoms with Crippen LogP contribution in [0.2, 0.25) is 0 Å². The third kappa shape index (κ3) is 4.95. The monoisotopic (exact) mass is 573 g/mol. The van der Waals surface area contributed by atoms with Crippen molar-refractivity contribution in [3.05, 3.63) is 163 Å². The molecule has 0 aliphatic rings. The van der Waals surface area contributed by atoms with Crippen LogP contribution < -0.4 is 15.9 Å². The minimum atomic E-state index is -2.97. The van der Waals surface area contributed by atoms with Crippen LogP contribution in [0.1, 0.15) is 18.1 Å². The molecule has 0 radical (unpaired) electrons. The molecule has 3 heteroatoms. The molecule has 0 saturated carbocycles. The number of rotatable bonds is 7. The Morgan fingerprint density at radius 1 is 0.512 bits per heavy atom. The molecule has 0 aliphatic heterocycles. The van der Waals surface area contributed by atoms with Gasteiger partial charge in [0.05, 0.1) is 0 Å². The maximum absolute atomic E-state index is 14.6. The van der Waals surface area contributed by atoms with Crippen molar-refractivity contribution in [1.82, 2.24) is 4.57 Å². The van der Waals surface area contributed by atoms with Crippen LogP contribution >= 0.6 is 7.14 Å². The summed E-state index contributed by atoms with van der Waals surface area (Å²) in [5.41, 5.74) is 7.13. The lowest BCUT2D eigenvalue weighted by Crippen LogP contribution is -2.24. The van der Waals surface area contributed by atoms with E-state index in [1.165, 1.54) is 27.4 Å². The van der Waals surface area contributed by atoms with Crippen molar-refractivity contribution < 1.29 is 4.57 Å². The number of aryl methyl sites for hydroxylation is 1. The largest absolute Gasteiger partial charge is 0.341 e. The van der Waals surface area contributed by atoms with Crippen molar-refractivity contribution in [2.45, 2.75) is 13.5 Å². The topological polar surface area (TPSA) is 22.0 Å². The van der Waals surface area contributed by atoms with E-state index in [4.69, 9.17) is 0 Å². The van der Waals surface area contributed by atoms with Crippen molar-refractivity contribution in [1.29, 1.82) is 0 Å². The standard InChI is InChI=1S/C40H32NOP/c1-2-41-39-16-10-9-15-37(39)38-29-31(21-28-40(38)41)18-17-30-19-22-32(23-20-30)33-24-26-36(27-25-33)43(42,34-11-5-3-6-12-34)35-13-7-4-8-14-35/h3-29H,2H2,1H3. The number of benzene rings is 6. The molecule has 0 amide bonds. The Labute approximate surface area is 253 Å². The number of aromatic nitrogens is 1. The summed E-state index contributed by atoms with van der Waals surface area (Å²) in [6.45, 7) is 3.15. The van der Waals surface area contributed by atoms with Gasteiger partial charge in [-0.25, -0.2) is 0 Å². The van der Waals surface area contributed by atoms with Gasteiger partial charge in [-0.1, -0.05) is 146 Å². The average Bonchev–Trinajstić information content (AvgIpc) is 3.41. The van der Waals surface area contributed by atoms with Gasteiger partial charge in [-0.3, -0.25) is 0 Å². The third-order valence-corrected chi connectivity index (χ3v) is 11.4. The number of para-hydroxylation sites is 1. The number of hydrogen-bond acceptors (Lipinski definition) is 1. The Hall–Kier alpha value is -4.91. The molecule has 0 spiro atoms. The molecule has 7 rings (SSSR count). The molecule has 208 valence electrons. The fourth-order valence-corrected chi connectivity index (χ4v) is 8.73. The van der Waals surface area contributed by atoms with Crippen LogP contribution in [-0.2, 0) is 11.1 Å². The lowest BCUT2D eigenvalue weighted by Gasteiger charge is -2.20. The Balaban J connectivity index is 1.14. The average molecular weight is 574 g/mol. The molecule has 0 bridgehead atoms. The summed E-state index contributed by atoms with van der Waals surface area (Å²) in [7, 11) is -2.97. The van der Waals surface area contributed by atoms with E-state index in [1.54, 1.807) is 0 Å². The summed E-state index contributed by atoms with van der Waals surface area (Å²) in [5.74, 6) is 0. The van der Waals surface area contributed by atoms with Gasteiger partial charge < -0.3 is 9.13 Å². The Morgan fingerprint density at radius 2 is 1.00 bits per heavy atom. The van der Waals surface area contributed by atoms with E-state index in [2.05, 4.69) is 103 Å².